The Morgan fingerprint density at radius 2 is 2.11 bits per heavy atom. The van der Waals surface area contributed by atoms with E-state index < -0.39 is 16.0 Å². The molecule has 0 aliphatic rings. The molecule has 9 heteroatoms. The summed E-state index contributed by atoms with van der Waals surface area (Å²) in [6.45, 7) is 2.26. The van der Waals surface area contributed by atoms with Crippen molar-refractivity contribution < 1.29 is 17.9 Å². The fourth-order valence-corrected chi connectivity index (χ4v) is 2.20. The van der Waals surface area contributed by atoms with Crippen molar-refractivity contribution in [3.63, 3.8) is 0 Å². The highest BCUT2D eigenvalue weighted by molar-refractivity contribution is 7.89. The number of hydrogen-bond acceptors (Lipinski definition) is 7. The number of carbonyl (C=O) groups is 1. The molecule has 0 aliphatic heterocycles. The largest absolute Gasteiger partial charge is 0.464 e. The second kappa shape index (κ2) is 7.00. The van der Waals surface area contributed by atoms with Gasteiger partial charge in [-0.3, -0.25) is 0 Å². The first-order valence-electron chi connectivity index (χ1n) is 5.61. The maximum absolute atomic E-state index is 11.4. The van der Waals surface area contributed by atoms with E-state index >= 15 is 0 Å². The van der Waals surface area contributed by atoms with Crippen LogP contribution < -0.4 is 10.0 Å². The van der Waals surface area contributed by atoms with Gasteiger partial charge in [-0.25, -0.2) is 17.9 Å². The molecule has 8 nitrogen and oxygen atoms in total. The molecule has 0 saturated heterocycles. The number of carbonyl (C=O) groups excluding carboxylic acids is 1. The molecule has 19 heavy (non-hydrogen) atoms. The van der Waals surface area contributed by atoms with Crippen LogP contribution in [0.5, 0.6) is 0 Å². The summed E-state index contributed by atoms with van der Waals surface area (Å²) in [5, 5.41) is 10.2. The van der Waals surface area contributed by atoms with Gasteiger partial charge in [0.2, 0.25) is 10.0 Å². The van der Waals surface area contributed by atoms with Gasteiger partial charge in [-0.05, 0) is 12.1 Å². The third-order valence-corrected chi connectivity index (χ3v) is 3.57. The summed E-state index contributed by atoms with van der Waals surface area (Å²) in [5.74, 6) is -0.255. The number of nitrogens with zero attached hydrogens (tertiary/aromatic N) is 2. The second-order valence-corrected chi connectivity index (χ2v) is 5.47. The Bertz CT molecular complexity index is 515. The molecule has 0 bridgehead atoms. The Labute approximate surface area is 111 Å². The van der Waals surface area contributed by atoms with Gasteiger partial charge >= 0.3 is 5.97 Å². The van der Waals surface area contributed by atoms with Crippen molar-refractivity contribution in [1.29, 1.82) is 0 Å². The van der Waals surface area contributed by atoms with E-state index in [2.05, 4.69) is 25.0 Å². The van der Waals surface area contributed by atoms with Crippen LogP contribution in [0.25, 0.3) is 0 Å². The van der Waals surface area contributed by atoms with Crippen molar-refractivity contribution in [3.05, 3.63) is 17.8 Å². The number of esters is 1. The van der Waals surface area contributed by atoms with Crippen LogP contribution in [0, 0.1) is 0 Å². The lowest BCUT2D eigenvalue weighted by atomic mass is 10.4. The number of methoxy groups -OCH3 is 1. The van der Waals surface area contributed by atoms with Crippen LogP contribution in [0.3, 0.4) is 0 Å². The van der Waals surface area contributed by atoms with Crippen LogP contribution in [0.4, 0.5) is 5.82 Å². The summed E-state index contributed by atoms with van der Waals surface area (Å²) < 4.78 is 29.6. The molecule has 1 heterocycles. The molecule has 1 aromatic heterocycles. The third kappa shape index (κ3) is 5.18. The third-order valence-electron chi connectivity index (χ3n) is 2.10. The fraction of sp³-hybridized carbons (Fsp3) is 0.500. The first kappa shape index (κ1) is 15.3. The van der Waals surface area contributed by atoms with Crippen molar-refractivity contribution in [2.45, 2.75) is 6.92 Å². The average Bonchev–Trinajstić information content (AvgIpc) is 2.38. The van der Waals surface area contributed by atoms with Crippen LogP contribution >= 0.6 is 0 Å². The van der Waals surface area contributed by atoms with E-state index in [0.29, 0.717) is 12.4 Å². The van der Waals surface area contributed by atoms with Crippen LogP contribution in [0.1, 0.15) is 17.4 Å². The molecule has 1 rings (SSSR count). The molecule has 0 unspecified atom stereocenters. The minimum absolute atomic E-state index is 0.0682. The van der Waals surface area contributed by atoms with Gasteiger partial charge in [0, 0.05) is 13.1 Å². The highest BCUT2D eigenvalue weighted by atomic mass is 32.2. The van der Waals surface area contributed by atoms with E-state index in [1.165, 1.54) is 19.2 Å². The Morgan fingerprint density at radius 3 is 2.63 bits per heavy atom. The summed E-state index contributed by atoms with van der Waals surface area (Å²) in [4.78, 5) is 11.1. The Kier molecular flexibility index (Phi) is 5.64. The first-order valence-corrected chi connectivity index (χ1v) is 7.27. The zero-order chi connectivity index (χ0) is 14.3. The minimum Gasteiger partial charge on any atom is -0.464 e. The van der Waals surface area contributed by atoms with Crippen molar-refractivity contribution in [3.8, 4) is 0 Å². The van der Waals surface area contributed by atoms with E-state index in [1.54, 1.807) is 6.92 Å². The first-order chi connectivity index (χ1) is 8.98. The van der Waals surface area contributed by atoms with Crippen molar-refractivity contribution in [1.82, 2.24) is 14.9 Å². The number of anilines is 1. The molecule has 0 aromatic carbocycles. The molecule has 106 valence electrons. The number of rotatable bonds is 7. The Morgan fingerprint density at radius 1 is 1.37 bits per heavy atom. The van der Waals surface area contributed by atoms with E-state index in [4.69, 9.17) is 0 Å². The summed E-state index contributed by atoms with van der Waals surface area (Å²) in [6.07, 6.45) is 0. The SMILES string of the molecule is CCNS(=O)(=O)CCNc1ccc(C(=O)OC)nn1. The lowest BCUT2D eigenvalue weighted by Crippen LogP contribution is -2.29. The molecule has 0 saturated carbocycles. The molecule has 1 aromatic rings. The lowest BCUT2D eigenvalue weighted by Gasteiger charge is -2.06. The average molecular weight is 288 g/mol. The van der Waals surface area contributed by atoms with Gasteiger partial charge in [-0.1, -0.05) is 6.92 Å². The smallest absolute Gasteiger partial charge is 0.358 e. The van der Waals surface area contributed by atoms with E-state index in [0.717, 1.165) is 0 Å². The number of hydrogen-bond donors (Lipinski definition) is 2. The fourth-order valence-electron chi connectivity index (χ4n) is 1.25. The van der Waals surface area contributed by atoms with Gasteiger partial charge < -0.3 is 10.1 Å². The maximum Gasteiger partial charge on any atom is 0.358 e. The summed E-state index contributed by atoms with van der Waals surface area (Å²) >= 11 is 0. The van der Waals surface area contributed by atoms with Crippen LogP contribution in [-0.4, -0.2) is 50.5 Å². The van der Waals surface area contributed by atoms with Gasteiger partial charge in [0.05, 0.1) is 12.9 Å². The van der Waals surface area contributed by atoms with Crippen molar-refractivity contribution >= 4 is 21.8 Å². The predicted molar refractivity (Wildman–Crippen MR) is 69.3 cm³/mol. The summed E-state index contributed by atoms with van der Waals surface area (Å²) in [5.41, 5.74) is 0.0910. The molecule has 0 spiro atoms. The van der Waals surface area contributed by atoms with E-state index in [9.17, 15) is 13.2 Å². The van der Waals surface area contributed by atoms with Gasteiger partial charge in [0.25, 0.3) is 0 Å². The normalized spacial score (nSPS) is 11.1. The van der Waals surface area contributed by atoms with Crippen LogP contribution in [-0.2, 0) is 14.8 Å². The highest BCUT2D eigenvalue weighted by Crippen LogP contribution is 2.02. The summed E-state index contributed by atoms with van der Waals surface area (Å²) in [6, 6.07) is 2.97. The van der Waals surface area contributed by atoms with E-state index in [-0.39, 0.29) is 18.0 Å². The zero-order valence-corrected chi connectivity index (χ0v) is 11.5. The van der Waals surface area contributed by atoms with Gasteiger partial charge in [0.1, 0.15) is 5.82 Å². The standard InChI is InChI=1S/C10H16N4O4S/c1-3-12-19(16,17)7-6-11-9-5-4-8(13-14-9)10(15)18-2/h4-5,12H,3,6-7H2,1-2H3,(H,11,14). The van der Waals surface area contributed by atoms with Crippen LogP contribution in [0.2, 0.25) is 0 Å². The molecule has 0 aliphatic carbocycles. The topological polar surface area (TPSA) is 110 Å². The van der Waals surface area contributed by atoms with E-state index in [1.807, 2.05) is 0 Å². The molecule has 0 atom stereocenters. The van der Waals surface area contributed by atoms with Crippen molar-refractivity contribution in [2.24, 2.45) is 0 Å². The maximum atomic E-state index is 11.4. The van der Waals surface area contributed by atoms with Crippen molar-refractivity contribution in [2.75, 3.05) is 31.3 Å². The number of sulfonamides is 1. The monoisotopic (exact) mass is 288 g/mol. The van der Waals surface area contributed by atoms with Gasteiger partial charge in [-0.2, -0.15) is 0 Å². The number of ether oxygens (including phenoxy) is 1. The Balaban J connectivity index is 2.49. The quantitative estimate of drug-likeness (QED) is 0.658. The highest BCUT2D eigenvalue weighted by Gasteiger charge is 2.09. The Hall–Kier alpha value is -1.74. The van der Waals surface area contributed by atoms with Gasteiger partial charge in [0.15, 0.2) is 5.69 Å². The molecule has 2 N–H and O–H groups in total. The van der Waals surface area contributed by atoms with Crippen LogP contribution in [0.15, 0.2) is 12.1 Å². The van der Waals surface area contributed by atoms with Gasteiger partial charge in [-0.15, -0.1) is 10.2 Å². The zero-order valence-electron chi connectivity index (χ0n) is 10.7. The molecule has 0 radical (unpaired) electrons. The molecule has 0 amide bonds. The number of aromatic nitrogens is 2. The summed E-state index contributed by atoms with van der Waals surface area (Å²) in [7, 11) is -2.01. The molecular weight excluding hydrogens is 272 g/mol. The molecule has 0 fully saturated rings. The predicted octanol–water partition coefficient (Wildman–Crippen LogP) is -0.386. The molecular formula is C10H16N4O4S. The minimum atomic E-state index is -3.26. The second-order valence-electron chi connectivity index (χ2n) is 3.54. The number of nitrogens with one attached hydrogen (secondary N) is 2. The lowest BCUT2D eigenvalue weighted by molar-refractivity contribution is 0.0592.